The van der Waals surface area contributed by atoms with Gasteiger partial charge in [0.1, 0.15) is 17.8 Å². The number of hydrogen-bond acceptors (Lipinski definition) is 5. The highest BCUT2D eigenvalue weighted by Crippen LogP contribution is 2.24. The Morgan fingerprint density at radius 2 is 2.24 bits per heavy atom. The summed E-state index contributed by atoms with van der Waals surface area (Å²) in [5.74, 6) is 1.08. The van der Waals surface area contributed by atoms with Gasteiger partial charge in [0, 0.05) is 31.1 Å². The summed E-state index contributed by atoms with van der Waals surface area (Å²) in [7, 11) is 0. The molecule has 0 spiro atoms. The van der Waals surface area contributed by atoms with Gasteiger partial charge in [0.25, 0.3) is 0 Å². The summed E-state index contributed by atoms with van der Waals surface area (Å²) in [6, 6.07) is 1.03. The van der Waals surface area contributed by atoms with E-state index in [2.05, 4.69) is 22.3 Å². The lowest BCUT2D eigenvalue weighted by atomic mass is 10.0. The van der Waals surface area contributed by atoms with Crippen molar-refractivity contribution >= 4 is 6.09 Å². The van der Waals surface area contributed by atoms with Crippen LogP contribution in [-0.2, 0) is 17.7 Å². The maximum absolute atomic E-state index is 12.4. The van der Waals surface area contributed by atoms with Crippen molar-refractivity contribution in [1.82, 2.24) is 25.0 Å². The number of ether oxygens (including phenoxy) is 1. The number of aryl methyl sites for hydroxylation is 1. The van der Waals surface area contributed by atoms with E-state index in [-0.39, 0.29) is 12.1 Å². The smallest absolute Gasteiger partial charge is 0.410 e. The molecule has 1 aromatic heterocycles. The Bertz CT molecular complexity index is 595. The number of aromatic nitrogens is 3. The Kier molecular flexibility index (Phi) is 5.32. The van der Waals surface area contributed by atoms with Gasteiger partial charge < -0.3 is 15.0 Å². The molecule has 3 heterocycles. The third-order valence-electron chi connectivity index (χ3n) is 4.96. The Morgan fingerprint density at radius 3 is 3.00 bits per heavy atom. The fraction of sp³-hybridized carbons (Fsp3) is 0.833. The maximum Gasteiger partial charge on any atom is 0.410 e. The second-order valence-electron chi connectivity index (χ2n) is 8.37. The summed E-state index contributed by atoms with van der Waals surface area (Å²) >= 11 is 0. The van der Waals surface area contributed by atoms with Crippen molar-refractivity contribution in [3.8, 4) is 0 Å². The molecule has 1 fully saturated rings. The van der Waals surface area contributed by atoms with Gasteiger partial charge >= 0.3 is 6.09 Å². The average molecular weight is 349 g/mol. The van der Waals surface area contributed by atoms with Crippen molar-refractivity contribution in [1.29, 1.82) is 0 Å². The topological polar surface area (TPSA) is 72.3 Å². The fourth-order valence-corrected chi connectivity index (χ4v) is 3.89. The summed E-state index contributed by atoms with van der Waals surface area (Å²) < 4.78 is 7.56. The van der Waals surface area contributed by atoms with E-state index in [0.29, 0.717) is 12.1 Å². The van der Waals surface area contributed by atoms with E-state index in [9.17, 15) is 4.79 Å². The van der Waals surface area contributed by atoms with Gasteiger partial charge in [0.2, 0.25) is 0 Å². The van der Waals surface area contributed by atoms with Gasteiger partial charge in [-0.05, 0) is 53.4 Å². The summed E-state index contributed by atoms with van der Waals surface area (Å²) in [6.07, 6.45) is 6.60. The highest BCUT2D eigenvalue weighted by atomic mass is 16.6. The number of likely N-dealkylation sites (tertiary alicyclic amines) is 1. The lowest BCUT2D eigenvalue weighted by molar-refractivity contribution is 0.0213. The number of hydrogen-bond donors (Lipinski definition) is 1. The predicted octanol–water partition coefficient (Wildman–Crippen LogP) is 2.36. The van der Waals surface area contributed by atoms with Crippen LogP contribution < -0.4 is 5.32 Å². The van der Waals surface area contributed by atoms with Crippen molar-refractivity contribution in [2.75, 3.05) is 6.54 Å². The van der Waals surface area contributed by atoms with Crippen molar-refractivity contribution < 1.29 is 9.53 Å². The molecular weight excluding hydrogens is 318 g/mol. The fourth-order valence-electron chi connectivity index (χ4n) is 3.89. The Labute approximate surface area is 150 Å². The molecule has 0 radical (unpaired) electrons. The van der Waals surface area contributed by atoms with Crippen molar-refractivity contribution in [3.05, 3.63) is 12.2 Å². The van der Waals surface area contributed by atoms with Crippen molar-refractivity contribution in [3.63, 3.8) is 0 Å². The summed E-state index contributed by atoms with van der Waals surface area (Å²) in [5, 5.41) is 8.00. The molecule has 1 aromatic rings. The minimum absolute atomic E-state index is 0.174. The summed E-state index contributed by atoms with van der Waals surface area (Å²) in [6.45, 7) is 9.64. The first-order valence-electron chi connectivity index (χ1n) is 9.44. The van der Waals surface area contributed by atoms with Crippen LogP contribution in [0.25, 0.3) is 0 Å². The zero-order chi connectivity index (χ0) is 18.0. The van der Waals surface area contributed by atoms with Gasteiger partial charge in [0.15, 0.2) is 0 Å². The molecule has 0 unspecified atom stereocenters. The molecule has 0 aliphatic carbocycles. The number of carbonyl (C=O) groups is 1. The molecule has 0 bridgehead atoms. The van der Waals surface area contributed by atoms with E-state index in [0.717, 1.165) is 51.0 Å². The van der Waals surface area contributed by atoms with Crippen LogP contribution in [0.5, 0.6) is 0 Å². The Hall–Kier alpha value is -1.63. The van der Waals surface area contributed by atoms with Crippen LogP contribution in [0.1, 0.15) is 59.2 Å². The van der Waals surface area contributed by atoms with E-state index in [1.807, 2.05) is 30.4 Å². The molecule has 2 aliphatic rings. The third kappa shape index (κ3) is 4.71. The number of amides is 1. The molecule has 7 nitrogen and oxygen atoms in total. The first-order chi connectivity index (χ1) is 11.8. The number of nitrogens with one attached hydrogen (secondary N) is 1. The van der Waals surface area contributed by atoms with Gasteiger partial charge in [-0.15, -0.1) is 0 Å². The van der Waals surface area contributed by atoms with E-state index in [1.54, 1.807) is 6.33 Å². The molecule has 1 saturated heterocycles. The standard InChI is InChI=1S/C18H31N5O2/c1-13(21-14-7-8-16-19-12-20-23(16)11-14)10-15-6-5-9-22(15)17(24)25-18(2,3)4/h12-15,21H,5-11H2,1-4H3/t13-,14-,15-/m1/s1. The average Bonchev–Trinajstić information content (AvgIpc) is 3.13. The molecule has 140 valence electrons. The van der Waals surface area contributed by atoms with Crippen LogP contribution in [0, 0.1) is 0 Å². The van der Waals surface area contributed by atoms with Crippen LogP contribution in [0.2, 0.25) is 0 Å². The summed E-state index contributed by atoms with van der Waals surface area (Å²) in [4.78, 5) is 18.6. The zero-order valence-corrected chi connectivity index (χ0v) is 15.9. The molecule has 3 rings (SSSR count). The van der Waals surface area contributed by atoms with Gasteiger partial charge in [-0.3, -0.25) is 0 Å². The zero-order valence-electron chi connectivity index (χ0n) is 15.9. The van der Waals surface area contributed by atoms with Crippen molar-refractivity contribution in [2.24, 2.45) is 0 Å². The largest absolute Gasteiger partial charge is 0.444 e. The van der Waals surface area contributed by atoms with Crippen LogP contribution >= 0.6 is 0 Å². The molecule has 1 N–H and O–H groups in total. The lowest BCUT2D eigenvalue weighted by Gasteiger charge is -2.32. The van der Waals surface area contributed by atoms with Crippen LogP contribution in [0.15, 0.2) is 6.33 Å². The predicted molar refractivity (Wildman–Crippen MR) is 95.3 cm³/mol. The number of fused-ring (bicyclic) bond motifs is 1. The maximum atomic E-state index is 12.4. The van der Waals surface area contributed by atoms with Crippen LogP contribution in [-0.4, -0.2) is 56.0 Å². The minimum atomic E-state index is -0.439. The molecular formula is C18H31N5O2. The van der Waals surface area contributed by atoms with E-state index in [4.69, 9.17) is 4.74 Å². The number of carbonyl (C=O) groups excluding carboxylic acids is 1. The van der Waals surface area contributed by atoms with E-state index < -0.39 is 5.60 Å². The van der Waals surface area contributed by atoms with Gasteiger partial charge in [-0.1, -0.05) is 0 Å². The highest BCUT2D eigenvalue weighted by molar-refractivity contribution is 5.68. The van der Waals surface area contributed by atoms with Gasteiger partial charge in [-0.2, -0.15) is 5.10 Å². The molecule has 0 saturated carbocycles. The third-order valence-corrected chi connectivity index (χ3v) is 4.96. The van der Waals surface area contributed by atoms with Crippen molar-refractivity contribution in [2.45, 2.75) is 90.1 Å². The highest BCUT2D eigenvalue weighted by Gasteiger charge is 2.33. The quantitative estimate of drug-likeness (QED) is 0.903. The molecule has 3 atom stereocenters. The minimum Gasteiger partial charge on any atom is -0.444 e. The van der Waals surface area contributed by atoms with Gasteiger partial charge in [0.05, 0.1) is 6.54 Å². The first kappa shape index (κ1) is 18.2. The summed E-state index contributed by atoms with van der Waals surface area (Å²) in [5.41, 5.74) is -0.439. The molecule has 1 amide bonds. The molecule has 7 heteroatoms. The number of rotatable bonds is 4. The van der Waals surface area contributed by atoms with Gasteiger partial charge in [-0.25, -0.2) is 14.5 Å². The SMILES string of the molecule is C[C@H](C[C@H]1CCCN1C(=O)OC(C)(C)C)N[C@@H]1CCc2ncnn2C1. The Balaban J connectivity index is 1.50. The van der Waals surface area contributed by atoms with Crippen LogP contribution in [0.4, 0.5) is 4.79 Å². The first-order valence-corrected chi connectivity index (χ1v) is 9.44. The molecule has 2 aliphatic heterocycles. The normalized spacial score (nSPS) is 24.9. The molecule has 0 aromatic carbocycles. The van der Waals surface area contributed by atoms with Crippen LogP contribution in [0.3, 0.4) is 0 Å². The second-order valence-corrected chi connectivity index (χ2v) is 8.37. The lowest BCUT2D eigenvalue weighted by Crippen LogP contribution is -2.46. The van der Waals surface area contributed by atoms with E-state index >= 15 is 0 Å². The number of nitrogens with zero attached hydrogens (tertiary/aromatic N) is 4. The monoisotopic (exact) mass is 349 g/mol. The molecule has 25 heavy (non-hydrogen) atoms. The second kappa shape index (κ2) is 7.32. The Morgan fingerprint density at radius 1 is 1.44 bits per heavy atom. The van der Waals surface area contributed by atoms with E-state index in [1.165, 1.54) is 0 Å².